The first-order chi connectivity index (χ1) is 14.1. The minimum atomic E-state index is -1.20. The van der Waals surface area contributed by atoms with Gasteiger partial charge in [-0.05, 0) is 17.7 Å². The molecule has 7 heteroatoms. The van der Waals surface area contributed by atoms with Crippen molar-refractivity contribution in [3.63, 3.8) is 0 Å². The second kappa shape index (κ2) is 7.95. The molecule has 29 heavy (non-hydrogen) atoms. The van der Waals surface area contributed by atoms with Crippen molar-refractivity contribution in [1.82, 2.24) is 19.7 Å². The van der Waals surface area contributed by atoms with Gasteiger partial charge in [0.2, 0.25) is 0 Å². The molecule has 6 nitrogen and oxygen atoms in total. The zero-order chi connectivity index (χ0) is 20.3. The lowest BCUT2D eigenvalue weighted by Crippen LogP contribution is -2.37. The molecule has 1 N–H and O–H groups in total. The number of aliphatic hydroxyl groups is 1. The number of nitrogens with zero attached hydrogens (tertiary/aromatic N) is 5. The van der Waals surface area contributed by atoms with E-state index in [0.717, 1.165) is 21.8 Å². The molecule has 4 rings (SSSR count). The number of aromatic nitrogens is 4. The van der Waals surface area contributed by atoms with Crippen LogP contribution in [0.2, 0.25) is 0 Å². The van der Waals surface area contributed by atoms with Crippen molar-refractivity contribution < 1.29 is 5.11 Å². The van der Waals surface area contributed by atoms with E-state index in [1.165, 1.54) is 17.7 Å². The SMILES string of the molecule is CC(c1nc(-c2ccc(C#N)cc2)cs1)C(O)(Cn1cncn1)c1ccccc1. The summed E-state index contributed by atoms with van der Waals surface area (Å²) in [7, 11) is 0. The first-order valence-electron chi connectivity index (χ1n) is 9.16. The molecule has 0 bridgehead atoms. The molecule has 0 spiro atoms. The fourth-order valence-corrected chi connectivity index (χ4v) is 4.28. The minimum absolute atomic E-state index is 0.268. The van der Waals surface area contributed by atoms with E-state index in [9.17, 15) is 5.11 Å². The van der Waals surface area contributed by atoms with Crippen LogP contribution >= 0.6 is 11.3 Å². The van der Waals surface area contributed by atoms with Gasteiger partial charge < -0.3 is 5.11 Å². The van der Waals surface area contributed by atoms with Crippen LogP contribution < -0.4 is 0 Å². The minimum Gasteiger partial charge on any atom is -0.382 e. The first-order valence-corrected chi connectivity index (χ1v) is 10.0. The smallest absolute Gasteiger partial charge is 0.137 e. The number of hydrogen-bond donors (Lipinski definition) is 1. The fourth-order valence-electron chi connectivity index (χ4n) is 3.31. The number of rotatable bonds is 6. The summed E-state index contributed by atoms with van der Waals surface area (Å²) in [6, 6.07) is 19.1. The lowest BCUT2D eigenvalue weighted by atomic mass is 9.82. The van der Waals surface area contributed by atoms with E-state index in [2.05, 4.69) is 16.2 Å². The van der Waals surface area contributed by atoms with E-state index in [4.69, 9.17) is 10.2 Å². The summed E-state index contributed by atoms with van der Waals surface area (Å²) >= 11 is 1.52. The summed E-state index contributed by atoms with van der Waals surface area (Å²) in [5.74, 6) is -0.272. The maximum absolute atomic E-state index is 11.8. The normalized spacial score (nSPS) is 14.1. The molecule has 0 saturated carbocycles. The Morgan fingerprint density at radius 3 is 2.59 bits per heavy atom. The molecule has 0 aliphatic carbocycles. The number of benzene rings is 2. The predicted molar refractivity (Wildman–Crippen MR) is 111 cm³/mol. The highest BCUT2D eigenvalue weighted by Crippen LogP contribution is 2.40. The summed E-state index contributed by atoms with van der Waals surface area (Å²) in [5.41, 5.74) is 1.99. The van der Waals surface area contributed by atoms with Crippen LogP contribution in [-0.4, -0.2) is 24.9 Å². The van der Waals surface area contributed by atoms with E-state index >= 15 is 0 Å². The quantitative estimate of drug-likeness (QED) is 0.528. The average Bonchev–Trinajstić information content (AvgIpc) is 3.46. The summed E-state index contributed by atoms with van der Waals surface area (Å²) in [5, 5.41) is 27.7. The molecule has 2 aromatic heterocycles. The molecule has 2 atom stereocenters. The third-order valence-electron chi connectivity index (χ3n) is 5.06. The molecule has 144 valence electrons. The standard InChI is InChI=1S/C22H19N5OS/c1-16(21-26-20(12-29-21)18-9-7-17(11-23)8-10-18)22(28,13-27-15-24-14-25-27)19-5-3-2-4-6-19/h2-10,12,14-16,28H,13H2,1H3. The molecule has 0 aliphatic heterocycles. The van der Waals surface area contributed by atoms with Gasteiger partial charge in [0, 0.05) is 16.9 Å². The molecule has 2 unspecified atom stereocenters. The Hall–Kier alpha value is -3.34. The zero-order valence-electron chi connectivity index (χ0n) is 15.8. The second-order valence-electron chi connectivity index (χ2n) is 6.87. The van der Waals surface area contributed by atoms with Gasteiger partial charge >= 0.3 is 0 Å². The van der Waals surface area contributed by atoms with Crippen LogP contribution in [0.25, 0.3) is 11.3 Å². The number of nitriles is 1. The van der Waals surface area contributed by atoms with Crippen molar-refractivity contribution in [2.45, 2.75) is 25.0 Å². The van der Waals surface area contributed by atoms with Crippen LogP contribution in [0.15, 0.2) is 72.6 Å². The molecule has 2 heterocycles. The Kier molecular flexibility index (Phi) is 5.21. The summed E-state index contributed by atoms with van der Waals surface area (Å²) < 4.78 is 1.64. The molecule has 0 amide bonds. The average molecular weight is 401 g/mol. The van der Waals surface area contributed by atoms with E-state index < -0.39 is 5.60 Å². The van der Waals surface area contributed by atoms with Gasteiger partial charge in [-0.2, -0.15) is 10.4 Å². The summed E-state index contributed by atoms with van der Waals surface area (Å²) in [4.78, 5) is 8.78. The highest BCUT2D eigenvalue weighted by molar-refractivity contribution is 7.10. The summed E-state index contributed by atoms with van der Waals surface area (Å²) in [6.45, 7) is 2.25. The van der Waals surface area contributed by atoms with Crippen LogP contribution in [0, 0.1) is 11.3 Å². The van der Waals surface area contributed by atoms with Gasteiger partial charge in [-0.15, -0.1) is 11.3 Å². The zero-order valence-corrected chi connectivity index (χ0v) is 16.6. The Morgan fingerprint density at radius 1 is 1.17 bits per heavy atom. The van der Waals surface area contributed by atoms with E-state index in [0.29, 0.717) is 5.56 Å². The second-order valence-corrected chi connectivity index (χ2v) is 7.75. The van der Waals surface area contributed by atoms with Gasteiger partial charge in [0.05, 0.1) is 28.9 Å². The van der Waals surface area contributed by atoms with Gasteiger partial charge in [0.25, 0.3) is 0 Å². The van der Waals surface area contributed by atoms with Crippen molar-refractivity contribution in [2.75, 3.05) is 0 Å². The summed E-state index contributed by atoms with van der Waals surface area (Å²) in [6.07, 6.45) is 3.06. The molecule has 0 saturated heterocycles. The molecular weight excluding hydrogens is 382 g/mol. The topological polar surface area (TPSA) is 87.6 Å². The maximum Gasteiger partial charge on any atom is 0.137 e. The molecule has 2 aromatic carbocycles. The van der Waals surface area contributed by atoms with Crippen molar-refractivity contribution >= 4 is 11.3 Å². The van der Waals surface area contributed by atoms with Gasteiger partial charge in [-0.1, -0.05) is 49.4 Å². The maximum atomic E-state index is 11.8. The Balaban J connectivity index is 1.68. The lowest BCUT2D eigenvalue weighted by Gasteiger charge is -2.33. The fraction of sp³-hybridized carbons (Fsp3) is 0.182. The molecule has 0 radical (unpaired) electrons. The van der Waals surface area contributed by atoms with Crippen molar-refractivity contribution in [1.29, 1.82) is 5.26 Å². The highest BCUT2D eigenvalue weighted by atomic mass is 32.1. The molecular formula is C22H19N5OS. The van der Waals surface area contributed by atoms with Crippen molar-refractivity contribution in [3.8, 4) is 17.3 Å². The van der Waals surface area contributed by atoms with Crippen LogP contribution in [0.3, 0.4) is 0 Å². The van der Waals surface area contributed by atoms with Crippen molar-refractivity contribution in [2.24, 2.45) is 0 Å². The number of hydrogen-bond acceptors (Lipinski definition) is 6. The predicted octanol–water partition coefficient (Wildman–Crippen LogP) is 3.96. The van der Waals surface area contributed by atoms with Crippen molar-refractivity contribution in [3.05, 3.63) is 88.8 Å². The third-order valence-corrected chi connectivity index (χ3v) is 6.09. The van der Waals surface area contributed by atoms with Gasteiger partial charge in [0.1, 0.15) is 18.3 Å². The Morgan fingerprint density at radius 2 is 1.93 bits per heavy atom. The van der Waals surface area contributed by atoms with Crippen LogP contribution in [0.1, 0.15) is 29.0 Å². The van der Waals surface area contributed by atoms with Crippen LogP contribution in [0.4, 0.5) is 0 Å². The van der Waals surface area contributed by atoms with Crippen LogP contribution in [0.5, 0.6) is 0 Å². The number of thiazole rings is 1. The Bertz CT molecular complexity index is 1120. The van der Waals surface area contributed by atoms with Gasteiger partial charge in [-0.25, -0.2) is 14.6 Å². The Labute approximate surface area is 172 Å². The van der Waals surface area contributed by atoms with Crippen LogP contribution in [-0.2, 0) is 12.1 Å². The lowest BCUT2D eigenvalue weighted by molar-refractivity contribution is -0.00802. The van der Waals surface area contributed by atoms with Gasteiger partial charge in [-0.3, -0.25) is 0 Å². The van der Waals surface area contributed by atoms with Gasteiger partial charge in [0.15, 0.2) is 0 Å². The highest BCUT2D eigenvalue weighted by Gasteiger charge is 2.39. The van der Waals surface area contributed by atoms with E-state index in [1.54, 1.807) is 23.1 Å². The van der Waals surface area contributed by atoms with E-state index in [1.807, 2.05) is 54.8 Å². The third kappa shape index (κ3) is 3.81. The molecule has 0 aliphatic rings. The first kappa shape index (κ1) is 19.0. The molecule has 0 fully saturated rings. The monoisotopic (exact) mass is 401 g/mol. The largest absolute Gasteiger partial charge is 0.382 e. The van der Waals surface area contributed by atoms with E-state index in [-0.39, 0.29) is 12.5 Å². The molecule has 4 aromatic rings.